The predicted octanol–water partition coefficient (Wildman–Crippen LogP) is 3.05. The van der Waals surface area contributed by atoms with Gasteiger partial charge in [0.1, 0.15) is 17.9 Å². The number of nitrogens with zero attached hydrogens (tertiary/aromatic N) is 5. The van der Waals surface area contributed by atoms with Crippen molar-refractivity contribution in [3.63, 3.8) is 0 Å². The summed E-state index contributed by atoms with van der Waals surface area (Å²) in [4.78, 5) is 15.8. The number of anilines is 1. The Morgan fingerprint density at radius 2 is 1.97 bits per heavy atom. The molecule has 4 aromatic rings. The first-order valence-electron chi connectivity index (χ1n) is 11.9. The van der Waals surface area contributed by atoms with E-state index in [1.54, 1.807) is 6.20 Å². The van der Waals surface area contributed by atoms with Crippen LogP contribution in [0.3, 0.4) is 0 Å². The highest BCUT2D eigenvalue weighted by molar-refractivity contribution is 7.72. The highest BCUT2D eigenvalue weighted by Crippen LogP contribution is 2.33. The van der Waals surface area contributed by atoms with Crippen molar-refractivity contribution < 1.29 is 13.2 Å². The molecule has 1 aliphatic rings. The van der Waals surface area contributed by atoms with Crippen molar-refractivity contribution in [2.75, 3.05) is 31.3 Å². The quantitative estimate of drug-likeness (QED) is 0.359. The number of hydrogen-bond donors (Lipinski definition) is 2. The number of benzene rings is 1. The second-order valence-electron chi connectivity index (χ2n) is 8.98. The maximum Gasteiger partial charge on any atom is 0.153 e. The van der Waals surface area contributed by atoms with E-state index in [0.29, 0.717) is 30.5 Å². The van der Waals surface area contributed by atoms with Gasteiger partial charge in [0.05, 0.1) is 16.9 Å². The Morgan fingerprint density at radius 1 is 1.14 bits per heavy atom. The largest absolute Gasteiger partial charge is 0.382 e. The van der Waals surface area contributed by atoms with E-state index in [0.717, 1.165) is 65.8 Å². The van der Waals surface area contributed by atoms with Crippen molar-refractivity contribution in [3.05, 3.63) is 48.5 Å². The molecular formula is C25H30N6O3S. The van der Waals surface area contributed by atoms with Crippen molar-refractivity contribution in [1.29, 1.82) is 0 Å². The molecule has 0 radical (unpaired) electrons. The first-order chi connectivity index (χ1) is 17.0. The number of nitrogen functional groups attached to an aromatic ring is 1. The minimum atomic E-state index is -2.39. The van der Waals surface area contributed by atoms with Gasteiger partial charge in [0, 0.05) is 36.5 Å². The van der Waals surface area contributed by atoms with Gasteiger partial charge in [-0.15, -0.1) is 0 Å². The molecule has 0 amide bonds. The number of fused-ring (bicyclic) bond motifs is 3. The lowest BCUT2D eigenvalue weighted by Gasteiger charge is -2.31. The zero-order valence-corrected chi connectivity index (χ0v) is 20.7. The summed E-state index contributed by atoms with van der Waals surface area (Å²) in [5.74, 6) is 1.79. The third-order valence-corrected chi connectivity index (χ3v) is 7.31. The van der Waals surface area contributed by atoms with Crippen LogP contribution in [-0.2, 0) is 28.6 Å². The van der Waals surface area contributed by atoms with Crippen LogP contribution in [-0.4, -0.2) is 58.4 Å². The lowest BCUT2D eigenvalue weighted by molar-refractivity contribution is 0.123. The molecular weight excluding hydrogens is 464 g/mol. The van der Waals surface area contributed by atoms with E-state index in [1.165, 1.54) is 0 Å². The standard InChI is InChI=1S/C25H30N6O3S/c1-2-34-15-22-29-23-24(31(22)14-17-7-10-30(11-8-17)16-35(32)33)20-6-5-18(12-21(20)28-25(23)26)19-4-3-9-27-13-19/h3-6,9,12-13,17,35H,2,7-8,10-11,14-16H2,1H3,(H2,26,28). The van der Waals surface area contributed by atoms with Crippen LogP contribution in [0.5, 0.6) is 0 Å². The molecule has 0 spiro atoms. The maximum absolute atomic E-state index is 11.1. The summed E-state index contributed by atoms with van der Waals surface area (Å²) in [7, 11) is -2.39. The van der Waals surface area contributed by atoms with Crippen molar-refractivity contribution in [3.8, 4) is 11.1 Å². The molecule has 0 aliphatic carbocycles. The van der Waals surface area contributed by atoms with Crippen LogP contribution in [0.1, 0.15) is 25.6 Å². The molecule has 4 heterocycles. The summed E-state index contributed by atoms with van der Waals surface area (Å²) in [5.41, 5.74) is 11.0. The molecule has 0 atom stereocenters. The minimum absolute atomic E-state index is 0.137. The van der Waals surface area contributed by atoms with Gasteiger partial charge in [-0.1, -0.05) is 18.2 Å². The summed E-state index contributed by atoms with van der Waals surface area (Å²) in [5, 5.41) is 0.998. The average Bonchev–Trinajstić information content (AvgIpc) is 3.22. The van der Waals surface area contributed by atoms with Gasteiger partial charge in [0.15, 0.2) is 16.5 Å². The summed E-state index contributed by atoms with van der Waals surface area (Å²) in [6, 6.07) is 10.2. The van der Waals surface area contributed by atoms with Crippen molar-refractivity contribution in [2.45, 2.75) is 32.9 Å². The summed E-state index contributed by atoms with van der Waals surface area (Å²) in [6.45, 7) is 5.29. The van der Waals surface area contributed by atoms with Crippen LogP contribution in [0.25, 0.3) is 33.1 Å². The van der Waals surface area contributed by atoms with E-state index in [-0.39, 0.29) is 5.88 Å². The topological polar surface area (TPSA) is 116 Å². The molecule has 2 N–H and O–H groups in total. The number of aromatic nitrogens is 4. The number of hydrogen-bond acceptors (Lipinski definition) is 8. The molecule has 3 aromatic heterocycles. The smallest absolute Gasteiger partial charge is 0.153 e. The summed E-state index contributed by atoms with van der Waals surface area (Å²) in [6.07, 6.45) is 5.46. The van der Waals surface area contributed by atoms with Gasteiger partial charge in [-0.2, -0.15) is 0 Å². The number of ether oxygens (including phenoxy) is 1. The van der Waals surface area contributed by atoms with Crippen LogP contribution >= 0.6 is 0 Å². The SMILES string of the molecule is CCOCc1nc2c(N)nc3cc(-c4cccnc4)ccc3c2n1CC1CCN(C[SH](=O)=O)CC1. The van der Waals surface area contributed by atoms with Gasteiger partial charge in [-0.25, -0.2) is 18.4 Å². The molecule has 1 aliphatic heterocycles. The summed E-state index contributed by atoms with van der Waals surface area (Å²) < 4.78 is 30.2. The van der Waals surface area contributed by atoms with Crippen molar-refractivity contribution in [2.24, 2.45) is 5.92 Å². The molecule has 5 rings (SSSR count). The second kappa shape index (κ2) is 10.3. The van der Waals surface area contributed by atoms with Crippen molar-refractivity contribution in [1.82, 2.24) is 24.4 Å². The highest BCUT2D eigenvalue weighted by atomic mass is 32.2. The fourth-order valence-corrected chi connectivity index (χ4v) is 5.51. The van der Waals surface area contributed by atoms with Gasteiger partial charge in [-0.3, -0.25) is 9.88 Å². The predicted molar refractivity (Wildman–Crippen MR) is 137 cm³/mol. The number of piperidine rings is 1. The van der Waals surface area contributed by atoms with Crippen molar-refractivity contribution >= 4 is 38.5 Å². The molecule has 1 fully saturated rings. The van der Waals surface area contributed by atoms with Gasteiger partial charge in [-0.05, 0) is 56.5 Å². The molecule has 184 valence electrons. The second-order valence-corrected chi connectivity index (χ2v) is 9.93. The molecule has 0 saturated carbocycles. The van der Waals surface area contributed by atoms with E-state index >= 15 is 0 Å². The van der Waals surface area contributed by atoms with Gasteiger partial charge < -0.3 is 15.0 Å². The Labute approximate surface area is 205 Å². The maximum atomic E-state index is 11.1. The molecule has 0 unspecified atom stereocenters. The fourth-order valence-electron chi connectivity index (χ4n) is 4.90. The molecule has 1 saturated heterocycles. The number of rotatable bonds is 8. The lowest BCUT2D eigenvalue weighted by atomic mass is 9.97. The van der Waals surface area contributed by atoms with Crippen LogP contribution in [0.2, 0.25) is 0 Å². The number of imidazole rings is 1. The fraction of sp³-hybridized carbons (Fsp3) is 0.400. The number of likely N-dealkylation sites (tertiary alicyclic amines) is 1. The van der Waals surface area contributed by atoms with E-state index in [9.17, 15) is 8.42 Å². The minimum Gasteiger partial charge on any atom is -0.382 e. The Hall–Kier alpha value is -3.08. The molecule has 0 bridgehead atoms. The zero-order valence-electron chi connectivity index (χ0n) is 19.8. The average molecular weight is 495 g/mol. The van der Waals surface area contributed by atoms with Crippen LogP contribution in [0, 0.1) is 5.92 Å². The zero-order chi connectivity index (χ0) is 24.4. The normalized spacial score (nSPS) is 15.5. The van der Waals surface area contributed by atoms with Gasteiger partial charge in [0.2, 0.25) is 0 Å². The molecule has 9 nitrogen and oxygen atoms in total. The van der Waals surface area contributed by atoms with Crippen LogP contribution < -0.4 is 5.73 Å². The number of pyridine rings is 2. The van der Waals surface area contributed by atoms with E-state index < -0.39 is 10.7 Å². The lowest BCUT2D eigenvalue weighted by Crippen LogP contribution is -2.36. The van der Waals surface area contributed by atoms with Crippen LogP contribution in [0.15, 0.2) is 42.7 Å². The van der Waals surface area contributed by atoms with E-state index in [2.05, 4.69) is 26.7 Å². The third kappa shape index (κ3) is 5.00. The molecule has 1 aromatic carbocycles. The highest BCUT2D eigenvalue weighted by Gasteiger charge is 2.24. The number of nitrogens with two attached hydrogens (primary N) is 1. The van der Waals surface area contributed by atoms with Gasteiger partial charge >= 0.3 is 0 Å². The molecule has 35 heavy (non-hydrogen) atoms. The summed E-state index contributed by atoms with van der Waals surface area (Å²) >= 11 is 0. The van der Waals surface area contributed by atoms with Gasteiger partial charge in [0.25, 0.3) is 0 Å². The Bertz CT molecular complexity index is 1400. The third-order valence-electron chi connectivity index (χ3n) is 6.68. The molecule has 10 heteroatoms. The Morgan fingerprint density at radius 3 is 2.69 bits per heavy atom. The van der Waals surface area contributed by atoms with Crippen LogP contribution in [0.4, 0.5) is 5.82 Å². The Balaban J connectivity index is 1.55. The monoisotopic (exact) mass is 494 g/mol. The first kappa shape index (κ1) is 23.7. The Kier molecular flexibility index (Phi) is 6.94. The number of thiol groups is 1. The van der Waals surface area contributed by atoms with E-state index in [1.807, 2.05) is 36.2 Å². The van der Waals surface area contributed by atoms with E-state index in [4.69, 9.17) is 15.5 Å². The first-order valence-corrected chi connectivity index (χ1v) is 13.3.